The van der Waals surface area contributed by atoms with Gasteiger partial charge in [0, 0.05) is 36.5 Å². The van der Waals surface area contributed by atoms with E-state index < -0.39 is 10.0 Å². The number of halogens is 1. The fourth-order valence-corrected chi connectivity index (χ4v) is 5.59. The van der Waals surface area contributed by atoms with E-state index in [0.717, 1.165) is 31.4 Å². The zero-order chi connectivity index (χ0) is 24.1. The van der Waals surface area contributed by atoms with Gasteiger partial charge in [0.15, 0.2) is 0 Å². The van der Waals surface area contributed by atoms with Crippen molar-refractivity contribution in [3.05, 3.63) is 71.7 Å². The summed E-state index contributed by atoms with van der Waals surface area (Å²) in [5.41, 5.74) is 2.60. The molecule has 7 nitrogen and oxygen atoms in total. The van der Waals surface area contributed by atoms with Crippen molar-refractivity contribution < 1.29 is 17.6 Å². The van der Waals surface area contributed by atoms with Gasteiger partial charge in [-0.25, -0.2) is 17.5 Å². The van der Waals surface area contributed by atoms with E-state index in [1.54, 1.807) is 36.2 Å². The average Bonchev–Trinajstić information content (AvgIpc) is 3.51. The monoisotopic (exact) mass is 484 g/mol. The number of rotatable bonds is 9. The number of H-pyrrole nitrogens is 1. The molecule has 1 heterocycles. The Balaban J connectivity index is 1.33. The van der Waals surface area contributed by atoms with E-state index in [-0.39, 0.29) is 22.7 Å². The first kappa shape index (κ1) is 24.1. The molecule has 1 amide bonds. The summed E-state index contributed by atoms with van der Waals surface area (Å²) >= 11 is 0. The lowest BCUT2D eigenvalue weighted by Crippen LogP contribution is -2.33. The predicted octanol–water partition coefficient (Wildman–Crippen LogP) is 4.14. The lowest BCUT2D eigenvalue weighted by atomic mass is 10.1. The molecule has 2 aromatic carbocycles. The predicted molar refractivity (Wildman–Crippen MR) is 128 cm³/mol. The van der Waals surface area contributed by atoms with Crippen LogP contribution in [0.25, 0.3) is 11.3 Å². The van der Waals surface area contributed by atoms with Crippen molar-refractivity contribution in [2.75, 3.05) is 13.6 Å². The summed E-state index contributed by atoms with van der Waals surface area (Å²) in [6, 6.07) is 14.3. The van der Waals surface area contributed by atoms with Crippen LogP contribution in [0.15, 0.2) is 59.5 Å². The minimum absolute atomic E-state index is 0.0315. The molecule has 4 rings (SSSR count). The molecule has 0 bridgehead atoms. The number of aryl methyl sites for hydroxylation is 1. The second-order valence-corrected chi connectivity index (χ2v) is 10.5. The highest BCUT2D eigenvalue weighted by Gasteiger charge is 2.24. The van der Waals surface area contributed by atoms with Crippen LogP contribution in [0, 0.1) is 5.82 Å². The molecule has 3 aromatic rings. The average molecular weight is 485 g/mol. The Bertz CT molecular complexity index is 1250. The Labute approximate surface area is 199 Å². The van der Waals surface area contributed by atoms with Crippen LogP contribution in [0.2, 0.25) is 0 Å². The fourth-order valence-electron chi connectivity index (χ4n) is 4.24. The molecule has 2 N–H and O–H groups in total. The smallest absolute Gasteiger partial charge is 0.253 e. The molecule has 180 valence electrons. The molecule has 1 aromatic heterocycles. The van der Waals surface area contributed by atoms with Crippen LogP contribution in [0.3, 0.4) is 0 Å². The molecule has 1 fully saturated rings. The Hall–Kier alpha value is -3.04. The van der Waals surface area contributed by atoms with E-state index >= 15 is 0 Å². The topological polar surface area (TPSA) is 95.2 Å². The van der Waals surface area contributed by atoms with Crippen LogP contribution >= 0.6 is 0 Å². The number of aromatic amines is 1. The van der Waals surface area contributed by atoms with Crippen LogP contribution in [0.5, 0.6) is 0 Å². The summed E-state index contributed by atoms with van der Waals surface area (Å²) in [7, 11) is -1.96. The van der Waals surface area contributed by atoms with Gasteiger partial charge in [0.1, 0.15) is 5.82 Å². The molecule has 1 saturated carbocycles. The van der Waals surface area contributed by atoms with Gasteiger partial charge in [-0.1, -0.05) is 31.0 Å². The number of amides is 1. The van der Waals surface area contributed by atoms with E-state index in [2.05, 4.69) is 14.9 Å². The number of sulfonamides is 1. The molecule has 1 aliphatic carbocycles. The van der Waals surface area contributed by atoms with E-state index in [1.165, 1.54) is 24.3 Å². The zero-order valence-electron chi connectivity index (χ0n) is 19.1. The summed E-state index contributed by atoms with van der Waals surface area (Å²) in [6.45, 7) is 0.491. The van der Waals surface area contributed by atoms with Crippen molar-refractivity contribution in [1.82, 2.24) is 19.8 Å². The molecule has 0 atom stereocenters. The maximum Gasteiger partial charge on any atom is 0.253 e. The first-order valence-electron chi connectivity index (χ1n) is 11.5. The first-order valence-corrected chi connectivity index (χ1v) is 13.0. The lowest BCUT2D eigenvalue weighted by Gasteiger charge is -2.18. The van der Waals surface area contributed by atoms with Crippen molar-refractivity contribution in [3.8, 4) is 11.3 Å². The minimum Gasteiger partial charge on any atom is -0.342 e. The van der Waals surface area contributed by atoms with Crippen molar-refractivity contribution in [2.24, 2.45) is 0 Å². The second kappa shape index (κ2) is 10.5. The van der Waals surface area contributed by atoms with Gasteiger partial charge in [0.25, 0.3) is 5.91 Å². The van der Waals surface area contributed by atoms with E-state index in [4.69, 9.17) is 0 Å². The number of benzene rings is 2. The quantitative estimate of drug-likeness (QED) is 0.477. The highest BCUT2D eigenvalue weighted by atomic mass is 32.2. The van der Waals surface area contributed by atoms with Crippen LogP contribution in [0.4, 0.5) is 4.39 Å². The standard InChI is InChI=1S/C25H29FN4O3S/c1-30(14-6-12-22-17-24(28-27-22)18-7-4-9-20(26)15-18)25(31)19-8-5-13-23(16-19)34(32,33)29-21-10-2-3-11-21/h4-5,7-9,13,15-17,21,29H,2-3,6,10-12,14H2,1H3,(H,27,28). The van der Waals surface area contributed by atoms with Gasteiger partial charge in [-0.2, -0.15) is 5.10 Å². The number of carbonyl (C=O) groups is 1. The molecule has 9 heteroatoms. The SMILES string of the molecule is CN(CCCc1cc(-c2cccc(F)c2)n[nH]1)C(=O)c1cccc(S(=O)(=O)NC2CCCC2)c1. The van der Waals surface area contributed by atoms with E-state index in [9.17, 15) is 17.6 Å². The van der Waals surface area contributed by atoms with Crippen LogP contribution in [-0.2, 0) is 16.4 Å². The molecule has 34 heavy (non-hydrogen) atoms. The third-order valence-electron chi connectivity index (χ3n) is 6.11. The lowest BCUT2D eigenvalue weighted by molar-refractivity contribution is 0.0793. The first-order chi connectivity index (χ1) is 16.3. The normalized spacial score (nSPS) is 14.4. The highest BCUT2D eigenvalue weighted by molar-refractivity contribution is 7.89. The number of nitrogens with zero attached hydrogens (tertiary/aromatic N) is 2. The van der Waals surface area contributed by atoms with Gasteiger partial charge in [-0.15, -0.1) is 0 Å². The minimum atomic E-state index is -3.66. The summed E-state index contributed by atoms with van der Waals surface area (Å²) in [6.07, 6.45) is 5.11. The molecule has 1 aliphatic rings. The zero-order valence-corrected chi connectivity index (χ0v) is 19.9. The van der Waals surface area contributed by atoms with Crippen LogP contribution in [-0.4, -0.2) is 49.1 Å². The molecular formula is C25H29FN4O3S. The molecule has 0 unspecified atom stereocenters. The van der Waals surface area contributed by atoms with E-state index in [0.29, 0.717) is 36.2 Å². The van der Waals surface area contributed by atoms with Crippen molar-refractivity contribution in [2.45, 2.75) is 49.5 Å². The third-order valence-corrected chi connectivity index (χ3v) is 7.62. The van der Waals surface area contributed by atoms with Gasteiger partial charge < -0.3 is 4.90 Å². The molecule has 0 radical (unpaired) electrons. The van der Waals surface area contributed by atoms with Crippen molar-refractivity contribution in [3.63, 3.8) is 0 Å². The number of aromatic nitrogens is 2. The maximum atomic E-state index is 13.4. The highest BCUT2D eigenvalue weighted by Crippen LogP contribution is 2.22. The number of carbonyl (C=O) groups excluding carboxylic acids is 1. The van der Waals surface area contributed by atoms with Gasteiger partial charge >= 0.3 is 0 Å². The molecule has 0 saturated heterocycles. The number of hydrogen-bond acceptors (Lipinski definition) is 4. The van der Waals surface area contributed by atoms with Crippen LogP contribution in [0.1, 0.15) is 48.2 Å². The Morgan fingerprint density at radius 2 is 1.91 bits per heavy atom. The van der Waals surface area contributed by atoms with Gasteiger partial charge in [-0.3, -0.25) is 9.89 Å². The second-order valence-electron chi connectivity index (χ2n) is 8.75. The Kier molecular flexibility index (Phi) is 7.43. The summed E-state index contributed by atoms with van der Waals surface area (Å²) in [5.74, 6) is -0.545. The molecule has 0 spiro atoms. The van der Waals surface area contributed by atoms with Gasteiger partial charge in [0.2, 0.25) is 10.0 Å². The van der Waals surface area contributed by atoms with Gasteiger partial charge in [-0.05, 0) is 62.1 Å². The maximum absolute atomic E-state index is 13.4. The summed E-state index contributed by atoms with van der Waals surface area (Å²) in [5, 5.41) is 7.20. The van der Waals surface area contributed by atoms with Crippen LogP contribution < -0.4 is 4.72 Å². The molecule has 0 aliphatic heterocycles. The summed E-state index contributed by atoms with van der Waals surface area (Å²) in [4.78, 5) is 14.6. The van der Waals surface area contributed by atoms with Crippen molar-refractivity contribution in [1.29, 1.82) is 0 Å². The third kappa shape index (κ3) is 5.90. The summed E-state index contributed by atoms with van der Waals surface area (Å²) < 4.78 is 41.6. The largest absolute Gasteiger partial charge is 0.342 e. The molecular weight excluding hydrogens is 455 g/mol. The van der Waals surface area contributed by atoms with E-state index in [1.807, 2.05) is 6.07 Å². The number of nitrogens with one attached hydrogen (secondary N) is 2. The van der Waals surface area contributed by atoms with Gasteiger partial charge in [0.05, 0.1) is 10.6 Å². The number of hydrogen-bond donors (Lipinski definition) is 2. The Morgan fingerprint density at radius 3 is 2.68 bits per heavy atom. The fraction of sp³-hybridized carbons (Fsp3) is 0.360. The Morgan fingerprint density at radius 1 is 1.15 bits per heavy atom. The van der Waals surface area contributed by atoms with Crippen molar-refractivity contribution >= 4 is 15.9 Å².